The van der Waals surface area contributed by atoms with Gasteiger partial charge in [0.15, 0.2) is 0 Å². The summed E-state index contributed by atoms with van der Waals surface area (Å²) in [5.74, 6) is 0. The van der Waals surface area contributed by atoms with Crippen molar-refractivity contribution in [2.24, 2.45) is 0 Å². The summed E-state index contributed by atoms with van der Waals surface area (Å²) in [5, 5.41) is 2.96. The maximum absolute atomic E-state index is 12.4. The standard InChI is InChI=1S/C10H10F3NO.ClH/c11-10(12,13)8-3-1-2-7(6-8)9-14-4-5-15-9;/h1-3,6,9,14H,4-5H2;1H. The van der Waals surface area contributed by atoms with Crippen molar-refractivity contribution < 1.29 is 17.9 Å². The van der Waals surface area contributed by atoms with E-state index in [0.717, 1.165) is 12.1 Å². The molecule has 1 N–H and O–H groups in total. The molecule has 6 heteroatoms. The van der Waals surface area contributed by atoms with Gasteiger partial charge in [0.1, 0.15) is 6.23 Å². The lowest BCUT2D eigenvalue weighted by Gasteiger charge is -2.13. The van der Waals surface area contributed by atoms with Crippen molar-refractivity contribution in [3.8, 4) is 0 Å². The molecule has 1 unspecified atom stereocenters. The van der Waals surface area contributed by atoms with Gasteiger partial charge >= 0.3 is 6.18 Å². The molecule has 2 nitrogen and oxygen atoms in total. The van der Waals surface area contributed by atoms with Crippen molar-refractivity contribution >= 4 is 12.4 Å². The van der Waals surface area contributed by atoms with Crippen LogP contribution in [0.4, 0.5) is 13.2 Å². The van der Waals surface area contributed by atoms with Gasteiger partial charge in [0, 0.05) is 6.54 Å². The van der Waals surface area contributed by atoms with Crippen molar-refractivity contribution in [2.45, 2.75) is 12.4 Å². The van der Waals surface area contributed by atoms with E-state index in [1.54, 1.807) is 6.07 Å². The van der Waals surface area contributed by atoms with E-state index in [1.165, 1.54) is 6.07 Å². The molecule has 0 aromatic heterocycles. The molecule has 1 heterocycles. The lowest BCUT2D eigenvalue weighted by Crippen LogP contribution is -2.15. The minimum absolute atomic E-state index is 0. The number of hydrogen-bond donors (Lipinski definition) is 1. The van der Waals surface area contributed by atoms with Gasteiger partial charge in [-0.3, -0.25) is 5.32 Å². The summed E-state index contributed by atoms with van der Waals surface area (Å²) in [5.41, 5.74) is -0.125. The molecule has 0 radical (unpaired) electrons. The molecule has 0 amide bonds. The van der Waals surface area contributed by atoms with E-state index < -0.39 is 18.0 Å². The summed E-state index contributed by atoms with van der Waals surface area (Å²) in [6.07, 6.45) is -4.71. The number of ether oxygens (including phenoxy) is 1. The SMILES string of the molecule is Cl.FC(F)(F)c1cccc(C2NCCO2)c1. The zero-order valence-corrected chi connectivity index (χ0v) is 9.07. The molecule has 1 atom stereocenters. The molecule has 1 aliphatic heterocycles. The lowest BCUT2D eigenvalue weighted by atomic mass is 10.1. The van der Waals surface area contributed by atoms with E-state index in [0.29, 0.717) is 18.7 Å². The molecule has 1 saturated heterocycles. The summed E-state index contributed by atoms with van der Waals surface area (Å²) in [4.78, 5) is 0. The zero-order chi connectivity index (χ0) is 10.9. The van der Waals surface area contributed by atoms with Crippen LogP contribution in [0.2, 0.25) is 0 Å². The first-order valence-corrected chi connectivity index (χ1v) is 4.59. The molecule has 1 aromatic carbocycles. The fraction of sp³-hybridized carbons (Fsp3) is 0.400. The minimum Gasteiger partial charge on any atom is -0.358 e. The normalized spacial score (nSPS) is 20.6. The number of hydrogen-bond acceptors (Lipinski definition) is 2. The zero-order valence-electron chi connectivity index (χ0n) is 8.25. The molecule has 1 fully saturated rings. The quantitative estimate of drug-likeness (QED) is 0.831. The summed E-state index contributed by atoms with van der Waals surface area (Å²) in [6, 6.07) is 5.18. The van der Waals surface area contributed by atoms with Crippen molar-refractivity contribution in [1.82, 2.24) is 5.32 Å². The van der Waals surface area contributed by atoms with Gasteiger partial charge in [0.2, 0.25) is 0 Å². The summed E-state index contributed by atoms with van der Waals surface area (Å²) in [6.45, 7) is 1.20. The third-order valence-corrected chi connectivity index (χ3v) is 2.23. The van der Waals surface area contributed by atoms with Crippen LogP contribution in [0.15, 0.2) is 24.3 Å². The molecule has 90 valence electrons. The first-order valence-electron chi connectivity index (χ1n) is 4.59. The van der Waals surface area contributed by atoms with E-state index >= 15 is 0 Å². The van der Waals surface area contributed by atoms with E-state index in [4.69, 9.17) is 4.74 Å². The van der Waals surface area contributed by atoms with Crippen molar-refractivity contribution in [2.75, 3.05) is 13.2 Å². The number of benzene rings is 1. The largest absolute Gasteiger partial charge is 0.416 e. The van der Waals surface area contributed by atoms with E-state index in [2.05, 4.69) is 5.32 Å². The average molecular weight is 254 g/mol. The Bertz CT molecular complexity index is 350. The Morgan fingerprint density at radius 2 is 2.06 bits per heavy atom. The fourth-order valence-corrected chi connectivity index (χ4v) is 1.52. The lowest BCUT2D eigenvalue weighted by molar-refractivity contribution is -0.137. The maximum atomic E-state index is 12.4. The molecule has 16 heavy (non-hydrogen) atoms. The molecule has 0 bridgehead atoms. The number of alkyl halides is 3. The Labute approximate surface area is 97.2 Å². The minimum atomic E-state index is -4.30. The second-order valence-corrected chi connectivity index (χ2v) is 3.33. The molecule has 2 rings (SSSR count). The second-order valence-electron chi connectivity index (χ2n) is 3.33. The van der Waals surface area contributed by atoms with Crippen LogP contribution < -0.4 is 5.32 Å². The third-order valence-electron chi connectivity index (χ3n) is 2.23. The first-order chi connectivity index (χ1) is 7.07. The van der Waals surface area contributed by atoms with Gasteiger partial charge in [-0.05, 0) is 17.7 Å². The van der Waals surface area contributed by atoms with Crippen LogP contribution in [-0.4, -0.2) is 13.2 Å². The molecule has 0 saturated carbocycles. The molecule has 0 spiro atoms. The van der Waals surface area contributed by atoms with Crippen LogP contribution in [0.5, 0.6) is 0 Å². The highest BCUT2D eigenvalue weighted by Crippen LogP contribution is 2.31. The van der Waals surface area contributed by atoms with Crippen molar-refractivity contribution in [1.29, 1.82) is 0 Å². The Kier molecular flexibility index (Phi) is 4.18. The van der Waals surface area contributed by atoms with Crippen LogP contribution in [0.25, 0.3) is 0 Å². The molecular formula is C10H11ClF3NO. The van der Waals surface area contributed by atoms with Gasteiger partial charge in [0.05, 0.1) is 12.2 Å². The van der Waals surface area contributed by atoms with Crippen molar-refractivity contribution in [3.05, 3.63) is 35.4 Å². The molecule has 1 aromatic rings. The van der Waals surface area contributed by atoms with E-state index in [-0.39, 0.29) is 12.4 Å². The van der Waals surface area contributed by atoms with Gasteiger partial charge < -0.3 is 4.74 Å². The van der Waals surface area contributed by atoms with Crippen LogP contribution in [0, 0.1) is 0 Å². The smallest absolute Gasteiger partial charge is 0.358 e. The summed E-state index contributed by atoms with van der Waals surface area (Å²) in [7, 11) is 0. The predicted molar refractivity (Wildman–Crippen MR) is 55.4 cm³/mol. The van der Waals surface area contributed by atoms with Crippen LogP contribution in [0.1, 0.15) is 17.4 Å². The Balaban J connectivity index is 0.00000128. The average Bonchev–Trinajstić information content (AvgIpc) is 2.69. The highest BCUT2D eigenvalue weighted by atomic mass is 35.5. The Morgan fingerprint density at radius 1 is 1.31 bits per heavy atom. The summed E-state index contributed by atoms with van der Waals surface area (Å²) >= 11 is 0. The molecule has 0 aliphatic carbocycles. The summed E-state index contributed by atoms with van der Waals surface area (Å²) < 4.78 is 42.4. The highest BCUT2D eigenvalue weighted by molar-refractivity contribution is 5.85. The van der Waals surface area contributed by atoms with Gasteiger partial charge in [-0.25, -0.2) is 0 Å². The number of nitrogens with one attached hydrogen (secondary N) is 1. The number of halogens is 4. The highest BCUT2D eigenvalue weighted by Gasteiger charge is 2.31. The number of rotatable bonds is 1. The predicted octanol–water partition coefficient (Wildman–Crippen LogP) is 2.75. The van der Waals surface area contributed by atoms with Gasteiger partial charge in [0.25, 0.3) is 0 Å². The van der Waals surface area contributed by atoms with Gasteiger partial charge in [-0.2, -0.15) is 13.2 Å². The van der Waals surface area contributed by atoms with E-state index in [9.17, 15) is 13.2 Å². The van der Waals surface area contributed by atoms with Crippen molar-refractivity contribution in [3.63, 3.8) is 0 Å². The van der Waals surface area contributed by atoms with Crippen LogP contribution >= 0.6 is 12.4 Å². The van der Waals surface area contributed by atoms with Gasteiger partial charge in [-0.15, -0.1) is 12.4 Å². The third kappa shape index (κ3) is 2.87. The maximum Gasteiger partial charge on any atom is 0.416 e. The Morgan fingerprint density at radius 3 is 2.62 bits per heavy atom. The topological polar surface area (TPSA) is 21.3 Å². The van der Waals surface area contributed by atoms with E-state index in [1.807, 2.05) is 0 Å². The fourth-order valence-electron chi connectivity index (χ4n) is 1.52. The Hall–Kier alpha value is -0.780. The molecular weight excluding hydrogens is 243 g/mol. The monoisotopic (exact) mass is 253 g/mol. The van der Waals surface area contributed by atoms with Crippen LogP contribution in [-0.2, 0) is 10.9 Å². The second kappa shape index (κ2) is 5.03. The first kappa shape index (κ1) is 13.3. The van der Waals surface area contributed by atoms with Crippen LogP contribution in [0.3, 0.4) is 0 Å². The van der Waals surface area contributed by atoms with Gasteiger partial charge in [-0.1, -0.05) is 12.1 Å². The molecule has 1 aliphatic rings.